The number of nitrogens with zero attached hydrogens (tertiary/aromatic N) is 4. The summed E-state index contributed by atoms with van der Waals surface area (Å²) < 4.78 is 7.76. The molecule has 2 aromatic rings. The third-order valence-corrected chi connectivity index (χ3v) is 5.26. The van der Waals surface area contributed by atoms with Crippen molar-refractivity contribution in [1.29, 1.82) is 0 Å². The number of hydrogen-bond acceptors (Lipinski definition) is 4. The van der Waals surface area contributed by atoms with E-state index in [0.717, 1.165) is 55.5 Å². The fourth-order valence-electron chi connectivity index (χ4n) is 3.46. The van der Waals surface area contributed by atoms with Gasteiger partial charge in [-0.25, -0.2) is 4.99 Å². The van der Waals surface area contributed by atoms with Gasteiger partial charge in [-0.2, -0.15) is 5.10 Å². The molecule has 0 aliphatic rings. The number of ether oxygens (including phenoxy) is 1. The molecule has 0 spiro atoms. The van der Waals surface area contributed by atoms with Gasteiger partial charge in [-0.1, -0.05) is 12.1 Å². The number of guanidine groups is 1. The molecule has 0 fully saturated rings. The molecule has 0 aliphatic carbocycles. The Hall–Kier alpha value is -1.81. The normalized spacial score (nSPS) is 12.4. The van der Waals surface area contributed by atoms with Crippen LogP contribution in [0.25, 0.3) is 0 Å². The number of rotatable bonds is 11. The van der Waals surface area contributed by atoms with Crippen molar-refractivity contribution in [3.05, 3.63) is 46.8 Å². The van der Waals surface area contributed by atoms with Gasteiger partial charge in [0.1, 0.15) is 5.75 Å². The Morgan fingerprint density at radius 2 is 1.91 bits per heavy atom. The summed E-state index contributed by atoms with van der Waals surface area (Å²) >= 11 is 0. The predicted molar refractivity (Wildman–Crippen MR) is 144 cm³/mol. The minimum Gasteiger partial charge on any atom is -0.494 e. The summed E-state index contributed by atoms with van der Waals surface area (Å²) in [5, 5.41) is 11.4. The van der Waals surface area contributed by atoms with E-state index in [1.165, 1.54) is 11.3 Å². The highest BCUT2D eigenvalue weighted by Gasteiger charge is 2.14. The largest absolute Gasteiger partial charge is 0.494 e. The van der Waals surface area contributed by atoms with Crippen LogP contribution in [0.1, 0.15) is 42.8 Å². The third-order valence-electron chi connectivity index (χ3n) is 5.26. The van der Waals surface area contributed by atoms with Crippen LogP contribution in [0.4, 0.5) is 0 Å². The van der Waals surface area contributed by atoms with Crippen LogP contribution < -0.4 is 15.4 Å². The molecule has 1 aromatic heterocycles. The molecule has 1 heterocycles. The lowest BCUT2D eigenvalue weighted by Gasteiger charge is -2.18. The average Bonchev–Trinajstić information content (AvgIpc) is 2.96. The van der Waals surface area contributed by atoms with Crippen molar-refractivity contribution in [2.75, 3.05) is 33.8 Å². The summed E-state index contributed by atoms with van der Waals surface area (Å²) in [5.41, 5.74) is 4.78. The molecule has 0 radical (unpaired) electrons. The molecule has 2 N–H and O–H groups in total. The maximum absolute atomic E-state index is 5.81. The van der Waals surface area contributed by atoms with Crippen molar-refractivity contribution < 1.29 is 4.74 Å². The topological polar surface area (TPSA) is 66.7 Å². The quantitative estimate of drug-likeness (QED) is 0.192. The van der Waals surface area contributed by atoms with Crippen molar-refractivity contribution in [1.82, 2.24) is 25.3 Å². The standard InChI is InChI=1S/C24H40N6O.HI/c1-8-25-24(27-18(2)16-23-19(3)28-30(7)20(23)4)26-17-21-10-12-22(13-11-21)31-15-9-14-29(5)6;/h10-13,18H,8-9,14-17H2,1-7H3,(H2,25,26,27);1H. The van der Waals surface area contributed by atoms with Gasteiger partial charge in [-0.3, -0.25) is 4.68 Å². The first-order chi connectivity index (χ1) is 14.8. The first-order valence-electron chi connectivity index (χ1n) is 11.2. The van der Waals surface area contributed by atoms with Crippen LogP contribution in [0.5, 0.6) is 5.75 Å². The smallest absolute Gasteiger partial charge is 0.191 e. The van der Waals surface area contributed by atoms with Crippen molar-refractivity contribution in [2.45, 2.75) is 53.1 Å². The fraction of sp³-hybridized carbons (Fsp3) is 0.583. The van der Waals surface area contributed by atoms with Crippen LogP contribution >= 0.6 is 24.0 Å². The van der Waals surface area contributed by atoms with E-state index >= 15 is 0 Å². The second-order valence-electron chi connectivity index (χ2n) is 8.37. The first-order valence-corrected chi connectivity index (χ1v) is 11.2. The van der Waals surface area contributed by atoms with Crippen LogP contribution in [-0.2, 0) is 20.0 Å². The minimum absolute atomic E-state index is 0. The number of nitrogens with one attached hydrogen (secondary N) is 2. The number of aromatic nitrogens is 2. The molecular weight excluding hydrogens is 515 g/mol. The van der Waals surface area contributed by atoms with Gasteiger partial charge in [0.25, 0.3) is 0 Å². The third kappa shape index (κ3) is 9.36. The molecule has 1 aromatic carbocycles. The van der Waals surface area contributed by atoms with E-state index in [1.807, 2.05) is 23.9 Å². The van der Waals surface area contributed by atoms with Gasteiger partial charge in [0.2, 0.25) is 0 Å². The summed E-state index contributed by atoms with van der Waals surface area (Å²) in [7, 11) is 6.15. The van der Waals surface area contributed by atoms with E-state index in [9.17, 15) is 0 Å². The average molecular weight is 557 g/mol. The van der Waals surface area contributed by atoms with E-state index in [0.29, 0.717) is 6.54 Å². The molecule has 32 heavy (non-hydrogen) atoms. The highest BCUT2D eigenvalue weighted by Crippen LogP contribution is 2.15. The maximum Gasteiger partial charge on any atom is 0.191 e. The zero-order valence-corrected chi connectivity index (χ0v) is 23.1. The van der Waals surface area contributed by atoms with Gasteiger partial charge >= 0.3 is 0 Å². The Morgan fingerprint density at radius 1 is 1.22 bits per heavy atom. The molecular formula is C24H41IN6O. The number of aliphatic imine (C=N–C) groups is 1. The van der Waals surface area contributed by atoms with Crippen LogP contribution in [0.15, 0.2) is 29.3 Å². The van der Waals surface area contributed by atoms with Crippen molar-refractivity contribution >= 4 is 29.9 Å². The number of aryl methyl sites for hydroxylation is 2. The lowest BCUT2D eigenvalue weighted by Crippen LogP contribution is -2.43. The Labute approximate surface area is 211 Å². The van der Waals surface area contributed by atoms with Gasteiger partial charge in [0, 0.05) is 31.9 Å². The zero-order chi connectivity index (χ0) is 22.8. The molecule has 7 nitrogen and oxygen atoms in total. The van der Waals surface area contributed by atoms with E-state index in [2.05, 4.69) is 74.6 Å². The first kappa shape index (κ1) is 28.2. The molecule has 0 saturated heterocycles. The molecule has 0 amide bonds. The lowest BCUT2D eigenvalue weighted by molar-refractivity contribution is 0.281. The van der Waals surface area contributed by atoms with E-state index in [-0.39, 0.29) is 30.0 Å². The Kier molecular flexibility index (Phi) is 12.7. The molecule has 8 heteroatoms. The SMILES string of the molecule is CCNC(=NCc1ccc(OCCCN(C)C)cc1)NC(C)Cc1c(C)nn(C)c1C.I. The number of benzene rings is 1. The molecule has 2 rings (SSSR count). The minimum atomic E-state index is 0. The van der Waals surface area contributed by atoms with Gasteiger partial charge in [-0.05, 0) is 77.9 Å². The van der Waals surface area contributed by atoms with Crippen LogP contribution in [-0.4, -0.2) is 60.5 Å². The monoisotopic (exact) mass is 556 g/mol. The lowest BCUT2D eigenvalue weighted by atomic mass is 10.1. The van der Waals surface area contributed by atoms with Crippen molar-refractivity contribution in [2.24, 2.45) is 12.0 Å². The van der Waals surface area contributed by atoms with Gasteiger partial charge in [-0.15, -0.1) is 24.0 Å². The summed E-state index contributed by atoms with van der Waals surface area (Å²) in [6.45, 7) is 11.7. The Balaban J connectivity index is 0.00000512. The zero-order valence-electron chi connectivity index (χ0n) is 20.7. The van der Waals surface area contributed by atoms with E-state index in [4.69, 9.17) is 9.73 Å². The second-order valence-corrected chi connectivity index (χ2v) is 8.37. The van der Waals surface area contributed by atoms with E-state index in [1.54, 1.807) is 0 Å². The number of hydrogen-bond donors (Lipinski definition) is 2. The fourth-order valence-corrected chi connectivity index (χ4v) is 3.46. The second kappa shape index (κ2) is 14.4. The Morgan fingerprint density at radius 3 is 2.47 bits per heavy atom. The van der Waals surface area contributed by atoms with E-state index < -0.39 is 0 Å². The van der Waals surface area contributed by atoms with Gasteiger partial charge < -0.3 is 20.3 Å². The van der Waals surface area contributed by atoms with Crippen LogP contribution in [0, 0.1) is 13.8 Å². The number of halogens is 1. The molecule has 180 valence electrons. The molecule has 1 atom stereocenters. The molecule has 1 unspecified atom stereocenters. The summed E-state index contributed by atoms with van der Waals surface area (Å²) in [4.78, 5) is 6.93. The van der Waals surface area contributed by atoms with Crippen LogP contribution in [0.3, 0.4) is 0 Å². The molecule has 0 aliphatic heterocycles. The summed E-state index contributed by atoms with van der Waals surface area (Å²) in [6, 6.07) is 8.46. The maximum atomic E-state index is 5.81. The molecule has 0 bridgehead atoms. The summed E-state index contributed by atoms with van der Waals surface area (Å²) in [5.74, 6) is 1.74. The highest BCUT2D eigenvalue weighted by atomic mass is 127. The van der Waals surface area contributed by atoms with Crippen LogP contribution in [0.2, 0.25) is 0 Å². The summed E-state index contributed by atoms with van der Waals surface area (Å²) in [6.07, 6.45) is 1.93. The highest BCUT2D eigenvalue weighted by molar-refractivity contribution is 14.0. The van der Waals surface area contributed by atoms with Gasteiger partial charge in [0.05, 0.1) is 18.8 Å². The molecule has 0 saturated carbocycles. The Bertz CT molecular complexity index is 832. The van der Waals surface area contributed by atoms with Gasteiger partial charge in [0.15, 0.2) is 5.96 Å². The van der Waals surface area contributed by atoms with Crippen molar-refractivity contribution in [3.8, 4) is 5.75 Å². The van der Waals surface area contributed by atoms with Crippen molar-refractivity contribution in [3.63, 3.8) is 0 Å². The predicted octanol–water partition coefficient (Wildman–Crippen LogP) is 3.67.